The zero-order valence-corrected chi connectivity index (χ0v) is 9.71. The molecule has 1 aromatic rings. The van der Waals surface area contributed by atoms with Crippen molar-refractivity contribution in [2.24, 2.45) is 0 Å². The molecule has 1 aliphatic heterocycles. The fourth-order valence-corrected chi connectivity index (χ4v) is 1.82. The summed E-state index contributed by atoms with van der Waals surface area (Å²) in [5.74, 6) is 1.56. The number of hydrogen-bond donors (Lipinski definition) is 1. The lowest BCUT2D eigenvalue weighted by molar-refractivity contribution is 0.281. The summed E-state index contributed by atoms with van der Waals surface area (Å²) in [5.41, 5.74) is 2.51. The van der Waals surface area contributed by atoms with Gasteiger partial charge in [-0.3, -0.25) is 0 Å². The Hall–Kier alpha value is -1.18. The number of anilines is 1. The average molecular weight is 205 g/mol. The predicted octanol–water partition coefficient (Wildman–Crippen LogP) is 3.39. The lowest BCUT2D eigenvalue weighted by Crippen LogP contribution is -2.30. The van der Waals surface area contributed by atoms with Crippen LogP contribution < -0.4 is 10.1 Å². The molecule has 0 aliphatic carbocycles. The average Bonchev–Trinajstić information content (AvgIpc) is 2.27. The van der Waals surface area contributed by atoms with E-state index in [9.17, 15) is 0 Å². The van der Waals surface area contributed by atoms with Gasteiger partial charge in [-0.15, -0.1) is 0 Å². The van der Waals surface area contributed by atoms with E-state index in [4.69, 9.17) is 4.74 Å². The van der Waals surface area contributed by atoms with Crippen LogP contribution in [0.3, 0.4) is 0 Å². The Balaban J connectivity index is 2.26. The van der Waals surface area contributed by atoms with Gasteiger partial charge in [-0.2, -0.15) is 0 Å². The summed E-state index contributed by atoms with van der Waals surface area (Å²) >= 11 is 0. The molecule has 82 valence electrons. The number of benzene rings is 1. The lowest BCUT2D eigenvalue weighted by Gasteiger charge is -2.27. The van der Waals surface area contributed by atoms with E-state index >= 15 is 0 Å². The van der Waals surface area contributed by atoms with Crippen LogP contribution >= 0.6 is 0 Å². The molecule has 0 spiro atoms. The first-order valence-electron chi connectivity index (χ1n) is 5.74. The molecule has 0 bridgehead atoms. The Bertz CT molecular complexity index is 346. The van der Waals surface area contributed by atoms with Gasteiger partial charge in [0.1, 0.15) is 12.4 Å². The number of hydrogen-bond acceptors (Lipinski definition) is 2. The molecule has 1 heterocycles. The Kier molecular flexibility index (Phi) is 2.85. The Labute approximate surface area is 91.6 Å². The zero-order chi connectivity index (χ0) is 10.8. The Morgan fingerprint density at radius 1 is 1.47 bits per heavy atom. The molecule has 0 fully saturated rings. The molecule has 1 unspecified atom stereocenters. The van der Waals surface area contributed by atoms with E-state index in [0.29, 0.717) is 12.0 Å². The zero-order valence-electron chi connectivity index (χ0n) is 9.71. The third kappa shape index (κ3) is 2.09. The van der Waals surface area contributed by atoms with E-state index in [2.05, 4.69) is 44.3 Å². The first-order chi connectivity index (χ1) is 7.20. The second-order valence-corrected chi connectivity index (χ2v) is 4.47. The van der Waals surface area contributed by atoms with Gasteiger partial charge in [0, 0.05) is 0 Å². The molecular formula is C13H19NO. The number of ether oxygens (including phenoxy) is 1. The highest BCUT2D eigenvalue weighted by molar-refractivity contribution is 5.60. The maximum absolute atomic E-state index is 5.70. The van der Waals surface area contributed by atoms with Gasteiger partial charge in [0.15, 0.2) is 0 Å². The molecule has 1 N–H and O–H groups in total. The predicted molar refractivity (Wildman–Crippen MR) is 63.7 cm³/mol. The van der Waals surface area contributed by atoms with Crippen LogP contribution in [0.1, 0.15) is 38.7 Å². The van der Waals surface area contributed by atoms with Crippen molar-refractivity contribution in [2.45, 2.75) is 39.2 Å². The van der Waals surface area contributed by atoms with Gasteiger partial charge in [0.05, 0.1) is 11.7 Å². The molecule has 0 saturated carbocycles. The second-order valence-electron chi connectivity index (χ2n) is 4.47. The summed E-state index contributed by atoms with van der Waals surface area (Å²) in [6.45, 7) is 7.38. The van der Waals surface area contributed by atoms with E-state index in [1.807, 2.05) is 0 Å². The molecule has 1 aliphatic rings. The van der Waals surface area contributed by atoms with Gasteiger partial charge in [0.2, 0.25) is 0 Å². The van der Waals surface area contributed by atoms with Gasteiger partial charge in [-0.05, 0) is 30.0 Å². The maximum Gasteiger partial charge on any atom is 0.142 e. The minimum atomic E-state index is 0.458. The summed E-state index contributed by atoms with van der Waals surface area (Å²) in [4.78, 5) is 0. The van der Waals surface area contributed by atoms with Crippen molar-refractivity contribution in [1.29, 1.82) is 0 Å². The van der Waals surface area contributed by atoms with E-state index in [-0.39, 0.29) is 0 Å². The number of nitrogens with one attached hydrogen (secondary N) is 1. The standard InChI is InChI=1S/C13H19NO/c1-4-11-8-15-13-6-5-10(9(2)3)7-12(13)14-11/h5-7,9,11,14H,4,8H2,1-3H3. The topological polar surface area (TPSA) is 21.3 Å². The summed E-state index contributed by atoms with van der Waals surface area (Å²) < 4.78 is 5.70. The monoisotopic (exact) mass is 205 g/mol. The van der Waals surface area contributed by atoms with Crippen molar-refractivity contribution in [1.82, 2.24) is 0 Å². The van der Waals surface area contributed by atoms with Gasteiger partial charge < -0.3 is 10.1 Å². The van der Waals surface area contributed by atoms with E-state index < -0.39 is 0 Å². The van der Waals surface area contributed by atoms with Crippen molar-refractivity contribution in [3.8, 4) is 5.75 Å². The molecule has 0 aromatic heterocycles. The minimum absolute atomic E-state index is 0.458. The van der Waals surface area contributed by atoms with Gasteiger partial charge in [-0.25, -0.2) is 0 Å². The van der Waals surface area contributed by atoms with Gasteiger partial charge in [0.25, 0.3) is 0 Å². The highest BCUT2D eigenvalue weighted by atomic mass is 16.5. The second kappa shape index (κ2) is 4.13. The smallest absolute Gasteiger partial charge is 0.142 e. The largest absolute Gasteiger partial charge is 0.489 e. The molecular weight excluding hydrogens is 186 g/mol. The fourth-order valence-electron chi connectivity index (χ4n) is 1.82. The first-order valence-corrected chi connectivity index (χ1v) is 5.74. The van der Waals surface area contributed by atoms with Crippen molar-refractivity contribution >= 4 is 5.69 Å². The molecule has 0 amide bonds. The molecule has 2 nitrogen and oxygen atoms in total. The van der Waals surface area contributed by atoms with Crippen LogP contribution in [0.15, 0.2) is 18.2 Å². The molecule has 2 rings (SSSR count). The van der Waals surface area contributed by atoms with Crippen LogP contribution in [0.2, 0.25) is 0 Å². The van der Waals surface area contributed by atoms with Crippen LogP contribution in [0.25, 0.3) is 0 Å². The number of fused-ring (bicyclic) bond motifs is 1. The van der Waals surface area contributed by atoms with Crippen LogP contribution in [0, 0.1) is 0 Å². The van der Waals surface area contributed by atoms with Crippen molar-refractivity contribution < 1.29 is 4.74 Å². The van der Waals surface area contributed by atoms with Crippen molar-refractivity contribution in [2.75, 3.05) is 11.9 Å². The number of rotatable bonds is 2. The van der Waals surface area contributed by atoms with Crippen LogP contribution in [-0.4, -0.2) is 12.6 Å². The van der Waals surface area contributed by atoms with Crippen LogP contribution in [0.4, 0.5) is 5.69 Å². The highest BCUT2D eigenvalue weighted by Crippen LogP contribution is 2.32. The summed E-state index contributed by atoms with van der Waals surface area (Å²) in [6, 6.07) is 6.89. The van der Waals surface area contributed by atoms with Gasteiger partial charge in [-0.1, -0.05) is 26.8 Å². The maximum atomic E-state index is 5.70. The molecule has 15 heavy (non-hydrogen) atoms. The Morgan fingerprint density at radius 2 is 2.27 bits per heavy atom. The van der Waals surface area contributed by atoms with Gasteiger partial charge >= 0.3 is 0 Å². The molecule has 0 saturated heterocycles. The Morgan fingerprint density at radius 3 is 2.93 bits per heavy atom. The van der Waals surface area contributed by atoms with E-state index in [0.717, 1.165) is 24.5 Å². The minimum Gasteiger partial charge on any atom is -0.489 e. The quantitative estimate of drug-likeness (QED) is 0.799. The summed E-state index contributed by atoms with van der Waals surface area (Å²) in [5, 5.41) is 3.52. The third-order valence-corrected chi connectivity index (χ3v) is 2.96. The van der Waals surface area contributed by atoms with Crippen LogP contribution in [0.5, 0.6) is 5.75 Å². The van der Waals surface area contributed by atoms with Crippen LogP contribution in [-0.2, 0) is 0 Å². The SMILES string of the molecule is CCC1COc2ccc(C(C)C)cc2N1. The lowest BCUT2D eigenvalue weighted by atomic mass is 10.0. The summed E-state index contributed by atoms with van der Waals surface area (Å²) in [6.07, 6.45) is 1.10. The normalized spacial score (nSPS) is 19.3. The molecule has 0 radical (unpaired) electrons. The fraction of sp³-hybridized carbons (Fsp3) is 0.538. The van der Waals surface area contributed by atoms with Crippen molar-refractivity contribution in [3.63, 3.8) is 0 Å². The third-order valence-electron chi connectivity index (χ3n) is 2.96. The van der Waals surface area contributed by atoms with E-state index in [1.54, 1.807) is 0 Å². The summed E-state index contributed by atoms with van der Waals surface area (Å²) in [7, 11) is 0. The van der Waals surface area contributed by atoms with E-state index in [1.165, 1.54) is 5.56 Å². The molecule has 2 heteroatoms. The first kappa shape index (κ1) is 10.3. The van der Waals surface area contributed by atoms with Crippen molar-refractivity contribution in [3.05, 3.63) is 23.8 Å². The highest BCUT2D eigenvalue weighted by Gasteiger charge is 2.17. The molecule has 1 aromatic carbocycles. The molecule has 1 atom stereocenters.